The van der Waals surface area contributed by atoms with Crippen molar-refractivity contribution in [2.24, 2.45) is 11.8 Å². The number of likely N-dealkylation sites (tertiary alicyclic amines) is 1. The molecule has 1 aliphatic carbocycles. The van der Waals surface area contributed by atoms with Gasteiger partial charge >= 0.3 is 0 Å². The minimum atomic E-state index is -0.209. The second kappa shape index (κ2) is 9.18. The summed E-state index contributed by atoms with van der Waals surface area (Å²) < 4.78 is 14.4. The Morgan fingerprint density at radius 1 is 1.20 bits per heavy atom. The summed E-state index contributed by atoms with van der Waals surface area (Å²) >= 11 is 6.32. The first-order valence-electron chi connectivity index (χ1n) is 10.8. The third kappa shape index (κ3) is 4.37. The average molecular weight is 425 g/mol. The largest absolute Gasteiger partial charge is 0.342 e. The Hall–Kier alpha value is -2.38. The molecule has 1 saturated heterocycles. The van der Waals surface area contributed by atoms with Crippen LogP contribution >= 0.6 is 11.6 Å². The molecule has 5 heteroatoms. The van der Waals surface area contributed by atoms with Gasteiger partial charge in [0.1, 0.15) is 11.9 Å². The van der Waals surface area contributed by atoms with Gasteiger partial charge in [-0.05, 0) is 66.8 Å². The molecule has 1 aliphatic heterocycles. The molecular formula is C25H26ClFN2O. The highest BCUT2D eigenvalue weighted by molar-refractivity contribution is 6.31. The van der Waals surface area contributed by atoms with Crippen molar-refractivity contribution >= 4 is 17.5 Å². The van der Waals surface area contributed by atoms with Gasteiger partial charge in [0.15, 0.2) is 0 Å². The van der Waals surface area contributed by atoms with E-state index in [2.05, 4.69) is 6.07 Å². The molecule has 1 unspecified atom stereocenters. The molecular weight excluding hydrogens is 399 g/mol. The number of nitriles is 1. The van der Waals surface area contributed by atoms with Gasteiger partial charge in [-0.2, -0.15) is 5.26 Å². The van der Waals surface area contributed by atoms with Crippen LogP contribution < -0.4 is 0 Å². The topological polar surface area (TPSA) is 44.1 Å². The van der Waals surface area contributed by atoms with Crippen LogP contribution in [0.25, 0.3) is 0 Å². The second-order valence-electron chi connectivity index (χ2n) is 8.57. The number of hydrogen-bond donors (Lipinski definition) is 0. The monoisotopic (exact) mass is 424 g/mol. The van der Waals surface area contributed by atoms with Gasteiger partial charge in [0, 0.05) is 19.0 Å². The van der Waals surface area contributed by atoms with Crippen LogP contribution in [0, 0.1) is 29.0 Å². The van der Waals surface area contributed by atoms with Crippen molar-refractivity contribution in [1.29, 1.82) is 5.26 Å². The lowest BCUT2D eigenvalue weighted by Crippen LogP contribution is -2.34. The van der Waals surface area contributed by atoms with Gasteiger partial charge in [-0.15, -0.1) is 0 Å². The highest BCUT2D eigenvalue weighted by atomic mass is 35.5. The molecule has 1 amide bonds. The maximum absolute atomic E-state index is 14.4. The molecule has 2 atom stereocenters. The quantitative estimate of drug-likeness (QED) is 0.616. The van der Waals surface area contributed by atoms with Crippen molar-refractivity contribution in [2.75, 3.05) is 13.1 Å². The van der Waals surface area contributed by atoms with Gasteiger partial charge in [-0.3, -0.25) is 4.79 Å². The first-order chi connectivity index (χ1) is 14.6. The van der Waals surface area contributed by atoms with Crippen molar-refractivity contribution < 1.29 is 9.18 Å². The molecule has 30 heavy (non-hydrogen) atoms. The molecule has 1 saturated carbocycles. The number of nitrogens with zero attached hydrogens (tertiary/aromatic N) is 2. The highest BCUT2D eigenvalue weighted by Crippen LogP contribution is 2.38. The molecule has 1 heterocycles. The molecule has 0 spiro atoms. The van der Waals surface area contributed by atoms with Crippen LogP contribution in [-0.4, -0.2) is 23.9 Å². The number of hydrogen-bond acceptors (Lipinski definition) is 2. The summed E-state index contributed by atoms with van der Waals surface area (Å²) in [5.41, 5.74) is 2.11. The minimum Gasteiger partial charge on any atom is -0.342 e. The maximum atomic E-state index is 14.4. The highest BCUT2D eigenvalue weighted by Gasteiger charge is 2.36. The summed E-state index contributed by atoms with van der Waals surface area (Å²) in [6.07, 6.45) is 5.74. The lowest BCUT2D eigenvalue weighted by atomic mass is 9.80. The molecule has 4 rings (SSSR count). The van der Waals surface area contributed by atoms with Gasteiger partial charge in [-0.25, -0.2) is 4.39 Å². The van der Waals surface area contributed by atoms with Crippen molar-refractivity contribution in [2.45, 2.75) is 44.4 Å². The Labute approximate surface area is 182 Å². The first-order valence-corrected chi connectivity index (χ1v) is 11.2. The normalized spacial score (nSPS) is 20.3. The van der Waals surface area contributed by atoms with E-state index < -0.39 is 0 Å². The van der Waals surface area contributed by atoms with Crippen molar-refractivity contribution in [3.63, 3.8) is 0 Å². The fraction of sp³-hybridized carbons (Fsp3) is 0.440. The summed E-state index contributed by atoms with van der Waals surface area (Å²) in [5.74, 6) is 0.530. The second-order valence-corrected chi connectivity index (χ2v) is 8.97. The van der Waals surface area contributed by atoms with Crippen LogP contribution in [0.3, 0.4) is 0 Å². The molecule has 0 N–H and O–H groups in total. The zero-order valence-corrected chi connectivity index (χ0v) is 17.7. The maximum Gasteiger partial charge on any atom is 0.225 e. The van der Waals surface area contributed by atoms with Gasteiger partial charge < -0.3 is 4.90 Å². The number of carbonyl (C=O) groups is 1. The van der Waals surface area contributed by atoms with Gasteiger partial charge in [0.25, 0.3) is 0 Å². The van der Waals surface area contributed by atoms with Crippen LogP contribution in [0.5, 0.6) is 0 Å². The Kier molecular flexibility index (Phi) is 6.39. The third-order valence-electron chi connectivity index (χ3n) is 6.75. The Morgan fingerprint density at radius 2 is 1.97 bits per heavy atom. The van der Waals surface area contributed by atoms with Gasteiger partial charge in [0.05, 0.1) is 10.6 Å². The smallest absolute Gasteiger partial charge is 0.225 e. The first kappa shape index (κ1) is 20.9. The van der Waals surface area contributed by atoms with E-state index in [1.165, 1.54) is 6.07 Å². The van der Waals surface area contributed by atoms with Crippen LogP contribution in [0.1, 0.15) is 54.7 Å². The lowest BCUT2D eigenvalue weighted by molar-refractivity contribution is -0.134. The summed E-state index contributed by atoms with van der Waals surface area (Å²) in [5, 5.41) is 9.62. The van der Waals surface area contributed by atoms with Crippen molar-refractivity contribution in [3.05, 3.63) is 70.0 Å². The van der Waals surface area contributed by atoms with E-state index in [9.17, 15) is 14.4 Å². The van der Waals surface area contributed by atoms with E-state index >= 15 is 0 Å². The third-order valence-corrected chi connectivity index (χ3v) is 7.06. The number of benzene rings is 2. The average Bonchev–Trinajstić information content (AvgIpc) is 3.45. The van der Waals surface area contributed by atoms with Crippen LogP contribution in [0.15, 0.2) is 42.5 Å². The summed E-state index contributed by atoms with van der Waals surface area (Å²) in [4.78, 5) is 14.9. The Bertz CT molecular complexity index is 964. The minimum absolute atomic E-state index is 0.0357. The van der Waals surface area contributed by atoms with E-state index in [0.717, 1.165) is 44.2 Å². The molecule has 0 radical (unpaired) electrons. The molecule has 0 bridgehead atoms. The molecule has 2 aliphatic rings. The van der Waals surface area contributed by atoms with Gasteiger partial charge in [-0.1, -0.05) is 48.7 Å². The number of rotatable bonds is 5. The summed E-state index contributed by atoms with van der Waals surface area (Å²) in [6, 6.07) is 14.5. The van der Waals surface area contributed by atoms with E-state index in [1.54, 1.807) is 12.1 Å². The standard InChI is InChI=1S/C25H26ClFN2O/c26-23-14-18(9-10-20(23)15-28)22(13-19-7-3-4-8-24(19)27)21-11-12-29(16-21)25(30)17-5-1-2-6-17/h3-4,7-10,14,17,21-22H,1-2,5-6,11-13,16H2/t21-,22?/m0/s1. The van der Waals surface area contributed by atoms with E-state index in [0.29, 0.717) is 29.1 Å². The van der Waals surface area contributed by atoms with Crippen LogP contribution in [-0.2, 0) is 11.2 Å². The van der Waals surface area contributed by atoms with E-state index in [4.69, 9.17) is 11.6 Å². The van der Waals surface area contributed by atoms with E-state index in [1.807, 2.05) is 29.2 Å². The Balaban J connectivity index is 1.59. The zero-order chi connectivity index (χ0) is 21.1. The zero-order valence-electron chi connectivity index (χ0n) is 17.0. The Morgan fingerprint density at radius 3 is 2.67 bits per heavy atom. The van der Waals surface area contributed by atoms with Crippen LogP contribution in [0.2, 0.25) is 5.02 Å². The number of carbonyl (C=O) groups excluding carboxylic acids is 1. The molecule has 2 fully saturated rings. The lowest BCUT2D eigenvalue weighted by Gasteiger charge is -2.26. The molecule has 2 aromatic rings. The van der Waals surface area contributed by atoms with Gasteiger partial charge in [0.2, 0.25) is 5.91 Å². The fourth-order valence-corrected chi connectivity index (χ4v) is 5.29. The number of halogens is 2. The molecule has 2 aromatic carbocycles. The fourth-order valence-electron chi connectivity index (χ4n) is 5.06. The van der Waals surface area contributed by atoms with Crippen LogP contribution in [0.4, 0.5) is 4.39 Å². The SMILES string of the molecule is N#Cc1ccc(C(Cc2ccccc2F)[C@H]2CCN(C(=O)C3CCCC3)C2)cc1Cl. The molecule has 3 nitrogen and oxygen atoms in total. The molecule has 0 aromatic heterocycles. The molecule has 156 valence electrons. The predicted octanol–water partition coefficient (Wildman–Crippen LogP) is 5.72. The number of amides is 1. The summed E-state index contributed by atoms with van der Waals surface area (Å²) in [6.45, 7) is 1.46. The predicted molar refractivity (Wildman–Crippen MR) is 116 cm³/mol. The van der Waals surface area contributed by atoms with Crippen molar-refractivity contribution in [1.82, 2.24) is 4.90 Å². The van der Waals surface area contributed by atoms with E-state index in [-0.39, 0.29) is 29.5 Å². The summed E-state index contributed by atoms with van der Waals surface area (Å²) in [7, 11) is 0. The van der Waals surface area contributed by atoms with Crippen molar-refractivity contribution in [3.8, 4) is 6.07 Å².